The molecular weight excluding hydrogens is 322 g/mol. The van der Waals surface area contributed by atoms with E-state index in [-0.39, 0.29) is 11.2 Å². The Balaban J connectivity index is 1.94. The lowest BCUT2D eigenvalue weighted by atomic mass is 10.3. The van der Waals surface area contributed by atoms with Gasteiger partial charge in [0.15, 0.2) is 5.16 Å². The maximum absolute atomic E-state index is 5.83. The fourth-order valence-corrected chi connectivity index (χ4v) is 3.47. The van der Waals surface area contributed by atoms with Crippen LogP contribution in [0.2, 0.25) is 0 Å². The monoisotopic (exact) mass is 343 g/mol. The maximum atomic E-state index is 5.83. The minimum Gasteiger partial charge on any atom is -0.368 e. The van der Waals surface area contributed by atoms with E-state index >= 15 is 0 Å². The minimum absolute atomic E-state index is 0.0103. The molecule has 0 fully saturated rings. The Morgan fingerprint density at radius 1 is 1.17 bits per heavy atom. The Morgan fingerprint density at radius 3 is 2.62 bits per heavy atom. The third kappa shape index (κ3) is 3.14. The normalized spacial score (nSPS) is 12.5. The van der Waals surface area contributed by atoms with Crippen LogP contribution in [0.4, 0.5) is 11.9 Å². The molecule has 8 heteroatoms. The van der Waals surface area contributed by atoms with Crippen LogP contribution in [0.3, 0.4) is 0 Å². The molecule has 0 aliphatic carbocycles. The van der Waals surface area contributed by atoms with E-state index in [2.05, 4.69) is 39.4 Å². The average molecular weight is 343 g/mol. The molecule has 2 N–H and O–H groups in total. The molecule has 0 radical (unpaired) electrons. The SMILES string of the molecule is CCn1c(S[C@H](C)c2nc(N)nc(N(C)C)n2)nc2ccccc21. The van der Waals surface area contributed by atoms with Gasteiger partial charge < -0.3 is 15.2 Å². The lowest BCUT2D eigenvalue weighted by Gasteiger charge is -2.15. The Hall–Kier alpha value is -2.35. The molecule has 2 aromatic heterocycles. The number of benzene rings is 1. The van der Waals surface area contributed by atoms with Crippen molar-refractivity contribution < 1.29 is 0 Å². The highest BCUT2D eigenvalue weighted by Crippen LogP contribution is 2.34. The van der Waals surface area contributed by atoms with E-state index in [0.29, 0.717) is 11.8 Å². The van der Waals surface area contributed by atoms with Gasteiger partial charge in [0.05, 0.1) is 16.3 Å². The predicted octanol–water partition coefficient (Wildman–Crippen LogP) is 2.74. The highest BCUT2D eigenvalue weighted by Gasteiger charge is 2.18. The van der Waals surface area contributed by atoms with E-state index < -0.39 is 0 Å². The van der Waals surface area contributed by atoms with Gasteiger partial charge in [0.1, 0.15) is 5.82 Å². The number of aromatic nitrogens is 5. The summed E-state index contributed by atoms with van der Waals surface area (Å²) in [5.74, 6) is 1.46. The van der Waals surface area contributed by atoms with Crippen molar-refractivity contribution in [2.75, 3.05) is 24.7 Å². The van der Waals surface area contributed by atoms with E-state index in [1.807, 2.05) is 37.2 Å². The quantitative estimate of drug-likeness (QED) is 0.713. The molecule has 0 bridgehead atoms. The first-order chi connectivity index (χ1) is 11.5. The van der Waals surface area contributed by atoms with Gasteiger partial charge in [0.25, 0.3) is 0 Å². The zero-order chi connectivity index (χ0) is 17.3. The first kappa shape index (κ1) is 16.5. The first-order valence-electron chi connectivity index (χ1n) is 7.80. The molecule has 0 saturated carbocycles. The topological polar surface area (TPSA) is 85.8 Å². The third-order valence-corrected chi connectivity index (χ3v) is 4.73. The van der Waals surface area contributed by atoms with Crippen LogP contribution in [-0.4, -0.2) is 38.6 Å². The maximum Gasteiger partial charge on any atom is 0.229 e. The number of aryl methyl sites for hydroxylation is 1. The number of thioether (sulfide) groups is 1. The molecule has 0 spiro atoms. The van der Waals surface area contributed by atoms with Crippen molar-refractivity contribution >= 4 is 34.7 Å². The number of anilines is 2. The summed E-state index contributed by atoms with van der Waals surface area (Å²) in [7, 11) is 3.76. The van der Waals surface area contributed by atoms with Gasteiger partial charge >= 0.3 is 0 Å². The molecule has 0 aliphatic heterocycles. The smallest absolute Gasteiger partial charge is 0.229 e. The number of rotatable bonds is 5. The summed E-state index contributed by atoms with van der Waals surface area (Å²) in [5, 5.41) is 0.965. The molecule has 0 saturated heterocycles. The van der Waals surface area contributed by atoms with Crippen molar-refractivity contribution in [2.45, 2.75) is 30.8 Å². The number of hydrogen-bond acceptors (Lipinski definition) is 7. The number of nitrogens with zero attached hydrogens (tertiary/aromatic N) is 6. The number of fused-ring (bicyclic) bond motifs is 1. The summed E-state index contributed by atoms with van der Waals surface area (Å²) in [6, 6.07) is 8.15. The molecule has 1 aromatic carbocycles. The Kier molecular flexibility index (Phi) is 4.57. The molecule has 2 heterocycles. The molecule has 1 atom stereocenters. The molecule has 3 aromatic rings. The van der Waals surface area contributed by atoms with Crippen LogP contribution in [0.15, 0.2) is 29.4 Å². The molecule has 0 unspecified atom stereocenters. The van der Waals surface area contributed by atoms with Gasteiger partial charge in [0.2, 0.25) is 11.9 Å². The van der Waals surface area contributed by atoms with Crippen molar-refractivity contribution in [1.82, 2.24) is 24.5 Å². The molecule has 0 aliphatic rings. The molecule has 0 amide bonds. The van der Waals surface area contributed by atoms with Crippen LogP contribution < -0.4 is 10.6 Å². The standard InChI is InChI=1S/C16H21N7S/c1-5-23-12-9-7-6-8-11(12)18-16(23)24-10(2)13-19-14(17)21-15(20-13)22(3)4/h6-10H,5H2,1-4H3,(H2,17,19,20,21)/t10-/m1/s1. The number of nitrogens with two attached hydrogens (primary N) is 1. The number of hydrogen-bond donors (Lipinski definition) is 1. The first-order valence-corrected chi connectivity index (χ1v) is 8.68. The number of imidazole rings is 1. The molecule has 7 nitrogen and oxygen atoms in total. The fraction of sp³-hybridized carbons (Fsp3) is 0.375. The molecular formula is C16H21N7S. The van der Waals surface area contributed by atoms with Crippen LogP contribution in [0, 0.1) is 0 Å². The van der Waals surface area contributed by atoms with Crippen molar-refractivity contribution in [2.24, 2.45) is 0 Å². The lowest BCUT2D eigenvalue weighted by molar-refractivity contribution is 0.699. The molecule has 126 valence electrons. The van der Waals surface area contributed by atoms with Gasteiger partial charge in [-0.1, -0.05) is 23.9 Å². The summed E-state index contributed by atoms with van der Waals surface area (Å²) in [4.78, 5) is 19.5. The van der Waals surface area contributed by atoms with Crippen molar-refractivity contribution in [3.63, 3.8) is 0 Å². The van der Waals surface area contributed by atoms with E-state index in [4.69, 9.17) is 10.7 Å². The molecule has 24 heavy (non-hydrogen) atoms. The summed E-state index contributed by atoms with van der Waals surface area (Å²) < 4.78 is 2.20. The summed E-state index contributed by atoms with van der Waals surface area (Å²) in [6.07, 6.45) is 0. The third-order valence-electron chi connectivity index (χ3n) is 3.64. The van der Waals surface area contributed by atoms with E-state index in [0.717, 1.165) is 22.7 Å². The summed E-state index contributed by atoms with van der Waals surface area (Å²) in [5.41, 5.74) is 7.96. The largest absolute Gasteiger partial charge is 0.368 e. The van der Waals surface area contributed by atoms with Crippen molar-refractivity contribution in [3.05, 3.63) is 30.1 Å². The second-order valence-corrected chi connectivity index (χ2v) is 6.94. The van der Waals surface area contributed by atoms with Crippen molar-refractivity contribution in [3.8, 4) is 0 Å². The highest BCUT2D eigenvalue weighted by molar-refractivity contribution is 7.99. The Labute approximate surface area is 145 Å². The van der Waals surface area contributed by atoms with Crippen molar-refractivity contribution in [1.29, 1.82) is 0 Å². The van der Waals surface area contributed by atoms with E-state index in [1.54, 1.807) is 11.8 Å². The average Bonchev–Trinajstić information content (AvgIpc) is 2.91. The molecule has 3 rings (SSSR count). The number of para-hydroxylation sites is 2. The van der Waals surface area contributed by atoms with Gasteiger partial charge in [-0.2, -0.15) is 15.0 Å². The Bertz CT molecular complexity index is 859. The van der Waals surface area contributed by atoms with E-state index in [9.17, 15) is 0 Å². The number of nitrogen functional groups attached to an aromatic ring is 1. The van der Waals surface area contributed by atoms with Crippen LogP contribution >= 0.6 is 11.8 Å². The van der Waals surface area contributed by atoms with Crippen LogP contribution in [0.5, 0.6) is 0 Å². The zero-order valence-electron chi connectivity index (χ0n) is 14.3. The van der Waals surface area contributed by atoms with E-state index in [1.165, 1.54) is 0 Å². The van der Waals surface area contributed by atoms with Gasteiger partial charge in [-0.05, 0) is 26.0 Å². The van der Waals surface area contributed by atoms with Gasteiger partial charge in [-0.3, -0.25) is 0 Å². The predicted molar refractivity (Wildman–Crippen MR) is 98.2 cm³/mol. The lowest BCUT2D eigenvalue weighted by Crippen LogP contribution is -2.16. The fourth-order valence-electron chi connectivity index (χ4n) is 2.44. The van der Waals surface area contributed by atoms with Crippen LogP contribution in [0.1, 0.15) is 24.9 Å². The minimum atomic E-state index is 0.0103. The summed E-state index contributed by atoms with van der Waals surface area (Å²) in [6.45, 7) is 5.03. The summed E-state index contributed by atoms with van der Waals surface area (Å²) >= 11 is 1.63. The second kappa shape index (κ2) is 6.64. The Morgan fingerprint density at radius 2 is 1.92 bits per heavy atom. The zero-order valence-corrected chi connectivity index (χ0v) is 15.1. The van der Waals surface area contributed by atoms with Gasteiger partial charge in [0, 0.05) is 20.6 Å². The van der Waals surface area contributed by atoms with Gasteiger partial charge in [-0.15, -0.1) is 0 Å². The van der Waals surface area contributed by atoms with Gasteiger partial charge in [-0.25, -0.2) is 4.98 Å². The van der Waals surface area contributed by atoms with Crippen LogP contribution in [0.25, 0.3) is 11.0 Å². The highest BCUT2D eigenvalue weighted by atomic mass is 32.2. The second-order valence-electron chi connectivity index (χ2n) is 5.63. The van der Waals surface area contributed by atoms with Crippen LogP contribution in [-0.2, 0) is 6.54 Å².